The Morgan fingerprint density at radius 2 is 1.59 bits per heavy atom. The first-order chi connectivity index (χ1) is 12.8. The molecule has 0 spiro atoms. The van der Waals surface area contributed by atoms with Crippen molar-refractivity contribution < 1.29 is 27.9 Å². The zero-order valence-electron chi connectivity index (χ0n) is 14.6. The van der Waals surface area contributed by atoms with Crippen molar-refractivity contribution in [3.05, 3.63) is 59.7 Å². The van der Waals surface area contributed by atoms with Crippen molar-refractivity contribution in [3.8, 4) is 0 Å². The number of carbonyl (C=O) groups excluding carboxylic acids is 3. The number of esters is 1. The summed E-state index contributed by atoms with van der Waals surface area (Å²) in [6.45, 7) is 2.72. The van der Waals surface area contributed by atoms with E-state index < -0.39 is 23.7 Å². The number of amides is 1. The molecule has 2 aromatic rings. The number of hydrogen-bond donors (Lipinski definition) is 1. The summed E-state index contributed by atoms with van der Waals surface area (Å²) in [6.07, 6.45) is -1.19. The molecule has 0 aliphatic heterocycles. The van der Waals surface area contributed by atoms with Crippen molar-refractivity contribution in [2.75, 3.05) is 5.32 Å². The molecule has 27 heavy (non-hydrogen) atoms. The summed E-state index contributed by atoms with van der Waals surface area (Å²) >= 11 is 0.224. The van der Waals surface area contributed by atoms with E-state index in [0.29, 0.717) is 11.3 Å². The van der Waals surface area contributed by atoms with E-state index in [2.05, 4.69) is 5.32 Å². The van der Waals surface area contributed by atoms with Gasteiger partial charge in [0.1, 0.15) is 0 Å². The smallest absolute Gasteiger partial charge is 0.340 e. The number of thioether (sulfide) groups is 1. The predicted molar refractivity (Wildman–Crippen MR) is 98.3 cm³/mol. The van der Waals surface area contributed by atoms with E-state index >= 15 is 0 Å². The average molecular weight is 393 g/mol. The highest BCUT2D eigenvalue weighted by Gasteiger charge is 2.23. The van der Waals surface area contributed by atoms with Gasteiger partial charge in [-0.1, -0.05) is 36.0 Å². The molecule has 2 aromatic carbocycles. The average Bonchev–Trinajstić information content (AvgIpc) is 2.61. The normalized spacial score (nSPS) is 11.7. The highest BCUT2D eigenvalue weighted by molar-refractivity contribution is 7.99. The maximum absolute atomic E-state index is 12.6. The van der Waals surface area contributed by atoms with Gasteiger partial charge in [0.2, 0.25) is 0 Å². The van der Waals surface area contributed by atoms with Crippen LogP contribution in [0.2, 0.25) is 0 Å². The van der Waals surface area contributed by atoms with Gasteiger partial charge in [-0.25, -0.2) is 4.79 Å². The molecule has 5 nitrogen and oxygen atoms in total. The monoisotopic (exact) mass is 393 g/mol. The van der Waals surface area contributed by atoms with Crippen LogP contribution in [0.5, 0.6) is 0 Å². The van der Waals surface area contributed by atoms with Crippen LogP contribution in [-0.2, 0) is 9.53 Å². The van der Waals surface area contributed by atoms with Gasteiger partial charge in [-0.15, -0.1) is 0 Å². The van der Waals surface area contributed by atoms with E-state index in [1.165, 1.54) is 38.1 Å². The minimum Gasteiger partial charge on any atom is -0.449 e. The van der Waals surface area contributed by atoms with E-state index in [1.807, 2.05) is 0 Å². The molecule has 0 saturated carbocycles. The lowest BCUT2D eigenvalue weighted by atomic mass is 10.1. The summed E-state index contributed by atoms with van der Waals surface area (Å²) in [6, 6.07) is 12.2. The third-order valence-corrected chi connectivity index (χ3v) is 4.33. The second-order valence-corrected chi connectivity index (χ2v) is 6.55. The number of benzene rings is 2. The SMILES string of the molecule is CC(=O)c1ccccc1NC(=O)[C@@H](C)OC(=O)c1ccccc1SC(F)F. The Hall–Kier alpha value is -2.74. The van der Waals surface area contributed by atoms with Crippen molar-refractivity contribution in [3.63, 3.8) is 0 Å². The predicted octanol–water partition coefficient (Wildman–Crippen LogP) is 4.39. The van der Waals surface area contributed by atoms with Crippen LogP contribution in [-0.4, -0.2) is 29.5 Å². The Balaban J connectivity index is 2.09. The van der Waals surface area contributed by atoms with Crippen molar-refractivity contribution in [1.82, 2.24) is 0 Å². The van der Waals surface area contributed by atoms with Gasteiger partial charge in [0.05, 0.1) is 11.3 Å². The molecule has 0 saturated heterocycles. The number of para-hydroxylation sites is 1. The summed E-state index contributed by atoms with van der Waals surface area (Å²) in [4.78, 5) is 36.2. The lowest BCUT2D eigenvalue weighted by Gasteiger charge is -2.16. The van der Waals surface area contributed by atoms with Crippen LogP contribution in [0, 0.1) is 0 Å². The third-order valence-electron chi connectivity index (χ3n) is 3.54. The summed E-state index contributed by atoms with van der Waals surface area (Å²) in [7, 11) is 0. The fraction of sp³-hybridized carbons (Fsp3) is 0.211. The number of nitrogens with one attached hydrogen (secondary N) is 1. The molecule has 0 heterocycles. The molecule has 1 amide bonds. The van der Waals surface area contributed by atoms with E-state index in [1.54, 1.807) is 24.3 Å². The molecule has 0 bridgehead atoms. The Bertz CT molecular complexity index is 857. The van der Waals surface area contributed by atoms with E-state index in [0.717, 1.165) is 0 Å². The molecular weight excluding hydrogens is 376 g/mol. The number of anilines is 1. The minimum absolute atomic E-state index is 0.0495. The Labute approximate surface area is 159 Å². The Morgan fingerprint density at radius 1 is 1.00 bits per heavy atom. The lowest BCUT2D eigenvalue weighted by molar-refractivity contribution is -0.123. The quantitative estimate of drug-likeness (QED) is 0.429. The highest BCUT2D eigenvalue weighted by atomic mass is 32.2. The Morgan fingerprint density at radius 3 is 2.22 bits per heavy atom. The highest BCUT2D eigenvalue weighted by Crippen LogP contribution is 2.29. The van der Waals surface area contributed by atoms with Gasteiger partial charge in [0, 0.05) is 10.5 Å². The maximum Gasteiger partial charge on any atom is 0.340 e. The largest absolute Gasteiger partial charge is 0.449 e. The summed E-state index contributed by atoms with van der Waals surface area (Å²) in [5.41, 5.74) is 0.571. The number of ketones is 1. The van der Waals surface area contributed by atoms with Gasteiger partial charge >= 0.3 is 5.97 Å². The van der Waals surface area contributed by atoms with Gasteiger partial charge in [0.25, 0.3) is 11.7 Å². The van der Waals surface area contributed by atoms with Gasteiger partial charge in [-0.05, 0) is 38.1 Å². The van der Waals surface area contributed by atoms with Crippen molar-refractivity contribution >= 4 is 35.1 Å². The molecule has 8 heteroatoms. The molecule has 0 fully saturated rings. The molecule has 0 radical (unpaired) electrons. The standard InChI is InChI=1S/C19H17F2NO4S/c1-11(23)13-7-3-5-9-15(13)22-17(24)12(2)26-18(25)14-8-4-6-10-16(14)27-19(20)21/h3-10,12,19H,1-2H3,(H,22,24)/t12-/m1/s1. The second-order valence-electron chi connectivity index (χ2n) is 5.51. The first-order valence-corrected chi connectivity index (χ1v) is 8.83. The lowest BCUT2D eigenvalue weighted by Crippen LogP contribution is -2.30. The number of carbonyl (C=O) groups is 3. The van der Waals surface area contributed by atoms with Crippen LogP contribution in [0.1, 0.15) is 34.6 Å². The third kappa shape index (κ3) is 5.62. The van der Waals surface area contributed by atoms with Gasteiger partial charge in [-0.3, -0.25) is 9.59 Å². The van der Waals surface area contributed by atoms with Crippen LogP contribution < -0.4 is 5.32 Å². The second kappa shape index (κ2) is 9.27. The van der Waals surface area contributed by atoms with Crippen LogP contribution in [0.3, 0.4) is 0 Å². The fourth-order valence-electron chi connectivity index (χ4n) is 2.25. The van der Waals surface area contributed by atoms with E-state index in [9.17, 15) is 23.2 Å². The van der Waals surface area contributed by atoms with Gasteiger partial charge in [-0.2, -0.15) is 8.78 Å². The maximum atomic E-state index is 12.6. The van der Waals surface area contributed by atoms with Gasteiger partial charge < -0.3 is 10.1 Å². The number of Topliss-reactive ketones (excluding diaryl/α,β-unsaturated/α-hetero) is 1. The number of rotatable bonds is 7. The molecule has 0 aromatic heterocycles. The molecular formula is C19H17F2NO4S. The molecule has 1 N–H and O–H groups in total. The molecule has 2 rings (SSSR count). The summed E-state index contributed by atoms with van der Waals surface area (Å²) in [5.74, 6) is -4.45. The number of hydrogen-bond acceptors (Lipinski definition) is 5. The Kier molecular flexibility index (Phi) is 7.06. The van der Waals surface area contributed by atoms with Crippen LogP contribution in [0.25, 0.3) is 0 Å². The molecule has 1 atom stereocenters. The first kappa shape index (κ1) is 20.6. The van der Waals surface area contributed by atoms with Crippen LogP contribution in [0.15, 0.2) is 53.4 Å². The zero-order valence-corrected chi connectivity index (χ0v) is 15.4. The van der Waals surface area contributed by atoms with Crippen LogP contribution >= 0.6 is 11.8 Å². The van der Waals surface area contributed by atoms with Gasteiger partial charge in [0.15, 0.2) is 11.9 Å². The zero-order chi connectivity index (χ0) is 20.0. The minimum atomic E-state index is -2.69. The molecule has 0 aliphatic carbocycles. The fourth-order valence-corrected chi connectivity index (χ4v) is 2.87. The number of ether oxygens (including phenoxy) is 1. The van der Waals surface area contributed by atoms with E-state index in [4.69, 9.17) is 4.74 Å². The van der Waals surface area contributed by atoms with Crippen LogP contribution in [0.4, 0.5) is 14.5 Å². The molecule has 0 aliphatic rings. The molecule has 0 unspecified atom stereocenters. The molecule has 142 valence electrons. The van der Waals surface area contributed by atoms with E-state index in [-0.39, 0.29) is 28.0 Å². The van der Waals surface area contributed by atoms with Crippen molar-refractivity contribution in [2.24, 2.45) is 0 Å². The van der Waals surface area contributed by atoms with Crippen molar-refractivity contribution in [1.29, 1.82) is 0 Å². The van der Waals surface area contributed by atoms with Crippen molar-refractivity contribution in [2.45, 2.75) is 30.6 Å². The number of alkyl halides is 2. The number of halogens is 2. The summed E-state index contributed by atoms with van der Waals surface area (Å²) < 4.78 is 30.3. The topological polar surface area (TPSA) is 72.5 Å². The first-order valence-electron chi connectivity index (χ1n) is 7.95. The summed E-state index contributed by atoms with van der Waals surface area (Å²) in [5, 5.41) is 2.53.